The lowest BCUT2D eigenvalue weighted by Crippen LogP contribution is -2.51. The van der Waals surface area contributed by atoms with Crippen LogP contribution in [0.15, 0.2) is 30.8 Å². The smallest absolute Gasteiger partial charge is 0.318 e. The third-order valence-corrected chi connectivity index (χ3v) is 4.44. The Labute approximate surface area is 134 Å². The van der Waals surface area contributed by atoms with Crippen LogP contribution in [-0.2, 0) is 5.54 Å². The molecule has 1 aliphatic heterocycles. The minimum atomic E-state index is -0.400. The molecule has 1 aliphatic rings. The SMILES string of the molecule is C=C(C)c1cccc(C(C)(C)NC(=O)N2CCC[C@@H](C)C2)c1. The molecule has 3 heteroatoms. The van der Waals surface area contributed by atoms with E-state index in [0.29, 0.717) is 5.92 Å². The van der Waals surface area contributed by atoms with Crippen LogP contribution in [0.4, 0.5) is 4.79 Å². The number of hydrogen-bond donors (Lipinski definition) is 1. The highest BCUT2D eigenvalue weighted by atomic mass is 16.2. The number of urea groups is 1. The first-order valence-corrected chi connectivity index (χ1v) is 8.13. The Bertz CT molecular complexity index is 562. The first-order valence-electron chi connectivity index (χ1n) is 8.13. The molecule has 2 rings (SSSR count). The van der Waals surface area contributed by atoms with Crippen molar-refractivity contribution in [3.63, 3.8) is 0 Å². The Morgan fingerprint density at radius 1 is 1.41 bits per heavy atom. The summed E-state index contributed by atoms with van der Waals surface area (Å²) in [5.41, 5.74) is 2.86. The molecule has 0 bridgehead atoms. The Hall–Kier alpha value is -1.77. The Kier molecular flexibility index (Phi) is 4.94. The highest BCUT2D eigenvalue weighted by Gasteiger charge is 2.27. The minimum Gasteiger partial charge on any atom is -0.329 e. The molecule has 0 unspecified atom stereocenters. The molecule has 0 saturated carbocycles. The van der Waals surface area contributed by atoms with Crippen LogP contribution in [0.2, 0.25) is 0 Å². The summed E-state index contributed by atoms with van der Waals surface area (Å²) in [6, 6.07) is 8.29. The average Bonchev–Trinajstić information content (AvgIpc) is 2.47. The number of nitrogens with one attached hydrogen (secondary N) is 1. The number of hydrogen-bond acceptors (Lipinski definition) is 1. The molecule has 1 atom stereocenters. The number of amides is 2. The number of benzene rings is 1. The fraction of sp³-hybridized carbons (Fsp3) is 0.526. The van der Waals surface area contributed by atoms with Gasteiger partial charge in [-0.2, -0.15) is 0 Å². The fourth-order valence-electron chi connectivity index (χ4n) is 2.97. The van der Waals surface area contributed by atoms with Crippen molar-refractivity contribution >= 4 is 11.6 Å². The Morgan fingerprint density at radius 3 is 2.77 bits per heavy atom. The van der Waals surface area contributed by atoms with Crippen LogP contribution in [0.3, 0.4) is 0 Å². The van der Waals surface area contributed by atoms with Gasteiger partial charge in [-0.1, -0.05) is 37.3 Å². The molecule has 0 aliphatic carbocycles. The number of rotatable bonds is 3. The molecule has 1 fully saturated rings. The minimum absolute atomic E-state index is 0.0391. The fourth-order valence-corrected chi connectivity index (χ4v) is 2.97. The highest BCUT2D eigenvalue weighted by Crippen LogP contribution is 2.24. The lowest BCUT2D eigenvalue weighted by molar-refractivity contribution is 0.160. The number of carbonyl (C=O) groups excluding carboxylic acids is 1. The lowest BCUT2D eigenvalue weighted by atomic mass is 9.91. The summed E-state index contributed by atoms with van der Waals surface area (Å²) >= 11 is 0. The van der Waals surface area contributed by atoms with Crippen LogP contribution in [0.1, 0.15) is 51.7 Å². The van der Waals surface area contributed by atoms with Crippen molar-refractivity contribution in [2.24, 2.45) is 5.92 Å². The van der Waals surface area contributed by atoms with Crippen molar-refractivity contribution in [3.8, 4) is 0 Å². The molecule has 2 amide bonds. The second kappa shape index (κ2) is 6.55. The van der Waals surface area contributed by atoms with Crippen LogP contribution in [0, 0.1) is 5.92 Å². The third-order valence-electron chi connectivity index (χ3n) is 4.44. The Balaban J connectivity index is 2.11. The van der Waals surface area contributed by atoms with Crippen LogP contribution in [0.5, 0.6) is 0 Å². The van der Waals surface area contributed by atoms with Crippen LogP contribution >= 0.6 is 0 Å². The van der Waals surface area contributed by atoms with Gasteiger partial charge in [0.1, 0.15) is 0 Å². The molecule has 3 nitrogen and oxygen atoms in total. The molecule has 22 heavy (non-hydrogen) atoms. The summed E-state index contributed by atoms with van der Waals surface area (Å²) in [6.45, 7) is 14.0. The molecule has 1 aromatic carbocycles. The standard InChI is InChI=1S/C19H28N2O/c1-14(2)16-9-6-10-17(12-16)19(4,5)20-18(22)21-11-7-8-15(3)13-21/h6,9-10,12,15H,1,7-8,11,13H2,2-5H3,(H,20,22)/t15-/m1/s1. The molecule has 1 heterocycles. The Morgan fingerprint density at radius 2 is 2.14 bits per heavy atom. The molecule has 0 spiro atoms. The topological polar surface area (TPSA) is 32.3 Å². The third kappa shape index (κ3) is 3.90. The van der Waals surface area contributed by atoms with E-state index in [1.54, 1.807) is 0 Å². The monoisotopic (exact) mass is 300 g/mol. The van der Waals surface area contributed by atoms with Crippen molar-refractivity contribution in [2.75, 3.05) is 13.1 Å². The zero-order chi connectivity index (χ0) is 16.3. The van der Waals surface area contributed by atoms with Gasteiger partial charge in [0.25, 0.3) is 0 Å². The number of piperidine rings is 1. The predicted molar refractivity (Wildman–Crippen MR) is 92.7 cm³/mol. The summed E-state index contributed by atoms with van der Waals surface area (Å²) < 4.78 is 0. The van der Waals surface area contributed by atoms with E-state index in [1.807, 2.05) is 17.9 Å². The number of allylic oxidation sites excluding steroid dienone is 1. The molecule has 1 aromatic rings. The molecule has 1 saturated heterocycles. The van der Waals surface area contributed by atoms with Crippen molar-refractivity contribution in [2.45, 2.75) is 46.1 Å². The number of nitrogens with zero attached hydrogens (tertiary/aromatic N) is 1. The van der Waals surface area contributed by atoms with Crippen LogP contribution in [0.25, 0.3) is 5.57 Å². The van der Waals surface area contributed by atoms with E-state index in [0.717, 1.165) is 36.2 Å². The normalized spacial score (nSPS) is 18.9. The quantitative estimate of drug-likeness (QED) is 0.882. The van der Waals surface area contributed by atoms with Gasteiger partial charge in [0.2, 0.25) is 0 Å². The van der Waals surface area contributed by atoms with E-state index in [9.17, 15) is 4.79 Å². The first-order chi connectivity index (χ1) is 10.3. The van der Waals surface area contributed by atoms with Crippen molar-refractivity contribution in [3.05, 3.63) is 42.0 Å². The predicted octanol–water partition coefficient (Wildman–Crippen LogP) is 4.40. The maximum absolute atomic E-state index is 12.5. The van der Waals surface area contributed by atoms with Gasteiger partial charge in [0.15, 0.2) is 0 Å². The second-order valence-corrected chi connectivity index (χ2v) is 7.11. The van der Waals surface area contributed by atoms with E-state index >= 15 is 0 Å². The van der Waals surface area contributed by atoms with Gasteiger partial charge in [-0.3, -0.25) is 0 Å². The summed E-state index contributed by atoms with van der Waals surface area (Å²) in [5.74, 6) is 0.592. The molecule has 0 aromatic heterocycles. The highest BCUT2D eigenvalue weighted by molar-refractivity contribution is 5.75. The largest absolute Gasteiger partial charge is 0.329 e. The van der Waals surface area contributed by atoms with Gasteiger partial charge in [0, 0.05) is 13.1 Å². The van der Waals surface area contributed by atoms with Crippen LogP contribution < -0.4 is 5.32 Å². The van der Waals surface area contributed by atoms with Crippen LogP contribution in [-0.4, -0.2) is 24.0 Å². The van der Waals surface area contributed by atoms with Crippen molar-refractivity contribution in [1.82, 2.24) is 10.2 Å². The summed E-state index contributed by atoms with van der Waals surface area (Å²) in [5, 5.41) is 3.19. The zero-order valence-corrected chi connectivity index (χ0v) is 14.3. The van der Waals surface area contributed by atoms with Gasteiger partial charge in [0.05, 0.1) is 5.54 Å². The van der Waals surface area contributed by atoms with Gasteiger partial charge in [-0.05, 0) is 56.7 Å². The van der Waals surface area contributed by atoms with Crippen molar-refractivity contribution < 1.29 is 4.79 Å². The summed E-state index contributed by atoms with van der Waals surface area (Å²) in [4.78, 5) is 14.5. The molecular weight excluding hydrogens is 272 g/mol. The van der Waals surface area contributed by atoms with E-state index in [2.05, 4.69) is 50.9 Å². The number of carbonyl (C=O) groups is 1. The van der Waals surface area contributed by atoms with Gasteiger partial charge >= 0.3 is 6.03 Å². The number of likely N-dealkylation sites (tertiary alicyclic amines) is 1. The summed E-state index contributed by atoms with van der Waals surface area (Å²) in [6.07, 6.45) is 2.31. The molecular formula is C19H28N2O. The van der Waals surface area contributed by atoms with E-state index in [4.69, 9.17) is 0 Å². The second-order valence-electron chi connectivity index (χ2n) is 7.11. The lowest BCUT2D eigenvalue weighted by Gasteiger charge is -2.35. The first kappa shape index (κ1) is 16.6. The zero-order valence-electron chi connectivity index (χ0n) is 14.3. The molecule has 1 N–H and O–H groups in total. The average molecular weight is 300 g/mol. The molecule has 120 valence electrons. The van der Waals surface area contributed by atoms with Gasteiger partial charge < -0.3 is 10.2 Å². The van der Waals surface area contributed by atoms with Gasteiger partial charge in [-0.25, -0.2) is 4.79 Å². The maximum Gasteiger partial charge on any atom is 0.318 e. The maximum atomic E-state index is 12.5. The van der Waals surface area contributed by atoms with Gasteiger partial charge in [-0.15, -0.1) is 0 Å². The molecule has 0 radical (unpaired) electrons. The van der Waals surface area contributed by atoms with Crippen molar-refractivity contribution in [1.29, 1.82) is 0 Å². The van der Waals surface area contributed by atoms with E-state index < -0.39 is 5.54 Å². The van der Waals surface area contributed by atoms with E-state index in [1.165, 1.54) is 6.42 Å². The summed E-state index contributed by atoms with van der Waals surface area (Å²) in [7, 11) is 0. The van der Waals surface area contributed by atoms with E-state index in [-0.39, 0.29) is 6.03 Å².